The van der Waals surface area contributed by atoms with Crippen molar-refractivity contribution in [1.82, 2.24) is 10.2 Å². The van der Waals surface area contributed by atoms with E-state index in [1.807, 2.05) is 0 Å². The molecule has 1 N–H and O–H groups in total. The van der Waals surface area contributed by atoms with Gasteiger partial charge in [0.25, 0.3) is 11.6 Å². The van der Waals surface area contributed by atoms with Crippen LogP contribution in [0.4, 0.5) is 10.5 Å². The lowest BCUT2D eigenvalue weighted by Gasteiger charge is -1.99. The highest BCUT2D eigenvalue weighted by atomic mass is 16.6. The summed E-state index contributed by atoms with van der Waals surface area (Å²) in [7, 11) is 1.37. The summed E-state index contributed by atoms with van der Waals surface area (Å²) in [5.41, 5.74) is 0.715. The molecule has 1 aliphatic rings. The van der Waals surface area contributed by atoms with E-state index in [0.717, 1.165) is 4.90 Å². The fraction of sp³-hybridized carbons (Fsp3) is 0.0909. The number of hydrogen-bond donors (Lipinski definition) is 1. The Morgan fingerprint density at radius 3 is 2.33 bits per heavy atom. The number of amides is 3. The molecular formula is C11H9N3O4. The molecule has 1 fully saturated rings. The van der Waals surface area contributed by atoms with Crippen LogP contribution in [0.2, 0.25) is 0 Å². The summed E-state index contributed by atoms with van der Waals surface area (Å²) in [4.78, 5) is 33.7. The van der Waals surface area contributed by atoms with E-state index in [9.17, 15) is 19.7 Å². The van der Waals surface area contributed by atoms with Gasteiger partial charge in [0.2, 0.25) is 0 Å². The molecule has 1 aromatic rings. The SMILES string of the molecule is CN1C(=O)N/C(=C/c2ccc([N+](=O)[O-])cc2)C1=O. The molecule has 0 spiro atoms. The van der Waals surface area contributed by atoms with E-state index in [0.29, 0.717) is 5.56 Å². The highest BCUT2D eigenvalue weighted by Crippen LogP contribution is 2.16. The molecule has 92 valence electrons. The molecule has 0 aliphatic carbocycles. The molecule has 1 saturated heterocycles. The van der Waals surface area contributed by atoms with Crippen molar-refractivity contribution in [3.63, 3.8) is 0 Å². The molecule has 0 aromatic heterocycles. The van der Waals surface area contributed by atoms with Crippen molar-refractivity contribution >= 4 is 23.7 Å². The second kappa shape index (κ2) is 4.28. The van der Waals surface area contributed by atoms with Gasteiger partial charge in [-0.1, -0.05) is 0 Å². The zero-order valence-electron chi connectivity index (χ0n) is 9.41. The maximum atomic E-state index is 11.6. The maximum absolute atomic E-state index is 11.6. The van der Waals surface area contributed by atoms with E-state index in [1.54, 1.807) is 0 Å². The Balaban J connectivity index is 2.26. The summed E-state index contributed by atoms with van der Waals surface area (Å²) in [5.74, 6) is -0.432. The minimum atomic E-state index is -0.507. The van der Waals surface area contributed by atoms with Gasteiger partial charge in [-0.25, -0.2) is 4.79 Å². The number of nitrogens with one attached hydrogen (secondary N) is 1. The summed E-state index contributed by atoms with van der Waals surface area (Å²) in [6.45, 7) is 0. The Bertz CT molecular complexity index is 562. The normalized spacial score (nSPS) is 17.2. The van der Waals surface area contributed by atoms with Crippen molar-refractivity contribution in [3.8, 4) is 0 Å². The Hall–Kier alpha value is -2.70. The molecule has 0 bridgehead atoms. The molecule has 0 unspecified atom stereocenters. The molecule has 3 amide bonds. The summed E-state index contributed by atoms with van der Waals surface area (Å²) in [6.07, 6.45) is 1.47. The minimum absolute atomic E-state index is 0.0314. The van der Waals surface area contributed by atoms with Crippen molar-refractivity contribution in [2.75, 3.05) is 7.05 Å². The Morgan fingerprint density at radius 2 is 1.89 bits per heavy atom. The van der Waals surface area contributed by atoms with Crippen LogP contribution < -0.4 is 5.32 Å². The molecule has 0 radical (unpaired) electrons. The standard InChI is InChI=1S/C11H9N3O4/c1-13-10(15)9(12-11(13)16)6-7-2-4-8(5-3-7)14(17)18/h2-6H,1H3,(H,12,16)/b9-6+. The quantitative estimate of drug-likeness (QED) is 0.367. The number of urea groups is 1. The topological polar surface area (TPSA) is 92.6 Å². The summed E-state index contributed by atoms with van der Waals surface area (Å²) < 4.78 is 0. The predicted molar refractivity (Wildman–Crippen MR) is 62.4 cm³/mol. The van der Waals surface area contributed by atoms with Crippen LogP contribution in [0.15, 0.2) is 30.0 Å². The second-order valence-corrected chi connectivity index (χ2v) is 3.70. The number of carbonyl (C=O) groups excluding carboxylic acids is 2. The fourth-order valence-electron chi connectivity index (χ4n) is 1.48. The molecule has 1 aliphatic heterocycles. The lowest BCUT2D eigenvalue weighted by atomic mass is 10.2. The van der Waals surface area contributed by atoms with Gasteiger partial charge in [-0.05, 0) is 23.8 Å². The summed E-state index contributed by atoms with van der Waals surface area (Å²) >= 11 is 0. The first-order valence-corrected chi connectivity index (χ1v) is 5.04. The van der Waals surface area contributed by atoms with Crippen LogP contribution in [-0.4, -0.2) is 28.8 Å². The van der Waals surface area contributed by atoms with Crippen LogP contribution in [0.3, 0.4) is 0 Å². The van der Waals surface area contributed by atoms with Gasteiger partial charge < -0.3 is 5.32 Å². The molecule has 1 aromatic carbocycles. The first-order valence-electron chi connectivity index (χ1n) is 5.04. The zero-order chi connectivity index (χ0) is 13.3. The second-order valence-electron chi connectivity index (χ2n) is 3.70. The van der Waals surface area contributed by atoms with Crippen molar-refractivity contribution in [1.29, 1.82) is 0 Å². The van der Waals surface area contributed by atoms with Gasteiger partial charge in [0.1, 0.15) is 5.70 Å². The van der Waals surface area contributed by atoms with Crippen LogP contribution >= 0.6 is 0 Å². The van der Waals surface area contributed by atoms with Gasteiger partial charge in [-0.3, -0.25) is 19.8 Å². The maximum Gasteiger partial charge on any atom is 0.328 e. The summed E-state index contributed by atoms with van der Waals surface area (Å²) in [6, 6.07) is 5.17. The number of rotatable bonds is 2. The van der Waals surface area contributed by atoms with Crippen molar-refractivity contribution in [2.24, 2.45) is 0 Å². The van der Waals surface area contributed by atoms with Gasteiger partial charge in [-0.2, -0.15) is 0 Å². The lowest BCUT2D eigenvalue weighted by molar-refractivity contribution is -0.384. The smallest absolute Gasteiger partial charge is 0.303 e. The van der Waals surface area contributed by atoms with Gasteiger partial charge in [-0.15, -0.1) is 0 Å². The van der Waals surface area contributed by atoms with E-state index in [2.05, 4.69) is 5.32 Å². The van der Waals surface area contributed by atoms with Crippen LogP contribution in [0, 0.1) is 10.1 Å². The van der Waals surface area contributed by atoms with Crippen molar-refractivity contribution in [2.45, 2.75) is 0 Å². The van der Waals surface area contributed by atoms with E-state index in [1.165, 1.54) is 37.4 Å². The van der Waals surface area contributed by atoms with Crippen LogP contribution in [0.25, 0.3) is 6.08 Å². The van der Waals surface area contributed by atoms with Crippen molar-refractivity contribution in [3.05, 3.63) is 45.6 Å². The van der Waals surface area contributed by atoms with E-state index in [-0.39, 0.29) is 11.4 Å². The molecule has 7 nitrogen and oxygen atoms in total. The third-order valence-electron chi connectivity index (χ3n) is 2.50. The van der Waals surface area contributed by atoms with E-state index < -0.39 is 16.9 Å². The summed E-state index contributed by atoms with van der Waals surface area (Å²) in [5, 5.41) is 12.9. The average Bonchev–Trinajstić information content (AvgIpc) is 2.58. The highest BCUT2D eigenvalue weighted by Gasteiger charge is 2.29. The van der Waals surface area contributed by atoms with Gasteiger partial charge in [0.15, 0.2) is 0 Å². The largest absolute Gasteiger partial charge is 0.328 e. The Kier molecular flexibility index (Phi) is 2.80. The number of carbonyl (C=O) groups is 2. The lowest BCUT2D eigenvalue weighted by Crippen LogP contribution is -2.25. The van der Waals surface area contributed by atoms with E-state index >= 15 is 0 Å². The number of non-ortho nitro benzene ring substituents is 1. The number of benzene rings is 1. The fourth-order valence-corrected chi connectivity index (χ4v) is 1.48. The zero-order valence-corrected chi connectivity index (χ0v) is 9.41. The van der Waals surface area contributed by atoms with Gasteiger partial charge >= 0.3 is 6.03 Å². The molecule has 0 atom stereocenters. The predicted octanol–water partition coefficient (Wildman–Crippen LogP) is 1.12. The number of hydrogen-bond acceptors (Lipinski definition) is 4. The van der Waals surface area contributed by atoms with Gasteiger partial charge in [0.05, 0.1) is 4.92 Å². The van der Waals surface area contributed by atoms with Gasteiger partial charge in [0, 0.05) is 19.2 Å². The monoisotopic (exact) mass is 247 g/mol. The van der Waals surface area contributed by atoms with Crippen LogP contribution in [0.1, 0.15) is 5.56 Å². The number of likely N-dealkylation sites (N-methyl/N-ethyl adjacent to an activating group) is 1. The van der Waals surface area contributed by atoms with E-state index in [4.69, 9.17) is 0 Å². The van der Waals surface area contributed by atoms with Crippen LogP contribution in [-0.2, 0) is 4.79 Å². The molecule has 7 heteroatoms. The molecule has 18 heavy (non-hydrogen) atoms. The minimum Gasteiger partial charge on any atom is -0.303 e. The molecule has 1 heterocycles. The number of nitrogens with zero attached hydrogens (tertiary/aromatic N) is 2. The number of nitro groups is 1. The molecule has 2 rings (SSSR count). The molecule has 0 saturated carbocycles. The third-order valence-corrected chi connectivity index (χ3v) is 2.50. The first-order chi connectivity index (χ1) is 8.49. The molecular weight excluding hydrogens is 238 g/mol. The first kappa shape index (κ1) is 11.8. The Morgan fingerprint density at radius 1 is 1.28 bits per heavy atom. The third kappa shape index (κ3) is 2.05. The number of nitro benzene ring substituents is 1. The average molecular weight is 247 g/mol. The van der Waals surface area contributed by atoms with Crippen molar-refractivity contribution < 1.29 is 14.5 Å². The van der Waals surface area contributed by atoms with Crippen LogP contribution in [0.5, 0.6) is 0 Å². The highest BCUT2D eigenvalue weighted by molar-refractivity contribution is 6.13. The Labute approximate surface area is 102 Å². The number of imide groups is 1.